The van der Waals surface area contributed by atoms with E-state index in [9.17, 15) is 0 Å². The lowest BCUT2D eigenvalue weighted by molar-refractivity contribution is 0.402. The Bertz CT molecular complexity index is 965. The maximum atomic E-state index is 5.33. The van der Waals surface area contributed by atoms with Crippen molar-refractivity contribution in [2.75, 3.05) is 7.11 Å². The molecule has 0 radical (unpaired) electrons. The van der Waals surface area contributed by atoms with Gasteiger partial charge in [-0.1, -0.05) is 12.1 Å². The molecule has 6 nitrogen and oxygen atoms in total. The lowest BCUT2D eigenvalue weighted by Crippen LogP contribution is -1.92. The summed E-state index contributed by atoms with van der Waals surface area (Å²) < 4.78 is 5.33. The van der Waals surface area contributed by atoms with Crippen LogP contribution in [0, 0.1) is 0 Å². The standard InChI is InChI=1S/C17H13N5O/c1-23-17-12-8-11(5-6-14(12)19-10-20-17)13-9-21-22-16(13)15-4-2-3-7-18-15/h2-10H,1H3,(H,21,22). The first-order chi connectivity index (χ1) is 11.4. The Kier molecular flexibility index (Phi) is 3.20. The summed E-state index contributed by atoms with van der Waals surface area (Å²) >= 11 is 0. The van der Waals surface area contributed by atoms with Crippen molar-refractivity contribution in [1.82, 2.24) is 25.1 Å². The molecule has 3 heterocycles. The van der Waals surface area contributed by atoms with Crippen molar-refractivity contribution in [3.63, 3.8) is 0 Å². The van der Waals surface area contributed by atoms with E-state index in [1.165, 1.54) is 6.33 Å². The molecule has 112 valence electrons. The van der Waals surface area contributed by atoms with Crippen LogP contribution in [0.3, 0.4) is 0 Å². The molecular weight excluding hydrogens is 290 g/mol. The van der Waals surface area contributed by atoms with E-state index in [1.54, 1.807) is 13.3 Å². The number of nitrogens with zero attached hydrogens (tertiary/aromatic N) is 4. The monoisotopic (exact) mass is 303 g/mol. The van der Waals surface area contributed by atoms with Gasteiger partial charge in [-0.05, 0) is 29.8 Å². The lowest BCUT2D eigenvalue weighted by atomic mass is 10.0. The molecule has 0 fully saturated rings. The molecule has 0 amide bonds. The van der Waals surface area contributed by atoms with E-state index in [0.717, 1.165) is 33.4 Å². The fourth-order valence-corrected chi connectivity index (χ4v) is 2.57. The minimum Gasteiger partial charge on any atom is -0.480 e. The third kappa shape index (κ3) is 2.30. The lowest BCUT2D eigenvalue weighted by Gasteiger charge is -2.06. The summed E-state index contributed by atoms with van der Waals surface area (Å²) in [6.45, 7) is 0. The van der Waals surface area contributed by atoms with E-state index >= 15 is 0 Å². The zero-order chi connectivity index (χ0) is 15.6. The number of fused-ring (bicyclic) bond motifs is 1. The molecule has 0 spiro atoms. The zero-order valence-corrected chi connectivity index (χ0v) is 12.4. The summed E-state index contributed by atoms with van der Waals surface area (Å²) in [4.78, 5) is 12.8. The highest BCUT2D eigenvalue weighted by Crippen LogP contribution is 2.32. The largest absolute Gasteiger partial charge is 0.480 e. The number of pyridine rings is 1. The van der Waals surface area contributed by atoms with Crippen LogP contribution in [0.2, 0.25) is 0 Å². The van der Waals surface area contributed by atoms with Crippen molar-refractivity contribution in [3.8, 4) is 28.4 Å². The first-order valence-electron chi connectivity index (χ1n) is 7.11. The number of H-pyrrole nitrogens is 1. The van der Waals surface area contributed by atoms with E-state index in [0.29, 0.717) is 5.88 Å². The van der Waals surface area contributed by atoms with Crippen molar-refractivity contribution < 1.29 is 4.74 Å². The first-order valence-corrected chi connectivity index (χ1v) is 7.11. The van der Waals surface area contributed by atoms with Crippen molar-refractivity contribution in [1.29, 1.82) is 0 Å². The second-order valence-electron chi connectivity index (χ2n) is 4.98. The second-order valence-corrected chi connectivity index (χ2v) is 4.98. The van der Waals surface area contributed by atoms with E-state index < -0.39 is 0 Å². The highest BCUT2D eigenvalue weighted by molar-refractivity contribution is 5.90. The number of methoxy groups -OCH3 is 1. The van der Waals surface area contributed by atoms with Crippen LogP contribution in [0.15, 0.2) is 55.1 Å². The van der Waals surface area contributed by atoms with Crippen LogP contribution in [0.5, 0.6) is 5.88 Å². The van der Waals surface area contributed by atoms with Gasteiger partial charge in [-0.2, -0.15) is 5.10 Å². The van der Waals surface area contributed by atoms with Crippen LogP contribution in [-0.4, -0.2) is 32.3 Å². The summed E-state index contributed by atoms with van der Waals surface area (Å²) in [6, 6.07) is 11.7. The average molecular weight is 303 g/mol. The molecule has 23 heavy (non-hydrogen) atoms. The Morgan fingerprint density at radius 3 is 2.83 bits per heavy atom. The highest BCUT2D eigenvalue weighted by atomic mass is 16.5. The number of hydrogen-bond donors (Lipinski definition) is 1. The third-order valence-corrected chi connectivity index (χ3v) is 3.65. The van der Waals surface area contributed by atoms with Crippen LogP contribution >= 0.6 is 0 Å². The average Bonchev–Trinajstić information content (AvgIpc) is 3.11. The summed E-state index contributed by atoms with van der Waals surface area (Å²) in [5.74, 6) is 0.555. The van der Waals surface area contributed by atoms with Gasteiger partial charge in [0.1, 0.15) is 12.0 Å². The highest BCUT2D eigenvalue weighted by Gasteiger charge is 2.13. The molecule has 6 heteroatoms. The quantitative estimate of drug-likeness (QED) is 0.629. The van der Waals surface area contributed by atoms with Crippen LogP contribution in [0.1, 0.15) is 0 Å². The van der Waals surface area contributed by atoms with Crippen LogP contribution in [-0.2, 0) is 0 Å². The maximum absolute atomic E-state index is 5.33. The van der Waals surface area contributed by atoms with Gasteiger partial charge in [0.15, 0.2) is 0 Å². The summed E-state index contributed by atoms with van der Waals surface area (Å²) in [5.41, 5.74) is 4.43. The smallest absolute Gasteiger partial charge is 0.224 e. The number of benzene rings is 1. The Morgan fingerprint density at radius 2 is 2.00 bits per heavy atom. The Morgan fingerprint density at radius 1 is 1.04 bits per heavy atom. The predicted molar refractivity (Wildman–Crippen MR) is 86.9 cm³/mol. The van der Waals surface area contributed by atoms with E-state index in [4.69, 9.17) is 4.74 Å². The number of nitrogens with one attached hydrogen (secondary N) is 1. The fourth-order valence-electron chi connectivity index (χ4n) is 2.57. The topological polar surface area (TPSA) is 76.6 Å². The second kappa shape index (κ2) is 5.49. The minimum atomic E-state index is 0.555. The summed E-state index contributed by atoms with van der Waals surface area (Å²) in [5, 5.41) is 8.12. The van der Waals surface area contributed by atoms with Crippen LogP contribution in [0.25, 0.3) is 33.4 Å². The van der Waals surface area contributed by atoms with Gasteiger partial charge >= 0.3 is 0 Å². The molecule has 0 aliphatic rings. The Hall–Kier alpha value is -3.28. The molecule has 0 aliphatic heterocycles. The van der Waals surface area contributed by atoms with Gasteiger partial charge in [-0.3, -0.25) is 10.1 Å². The fraction of sp³-hybridized carbons (Fsp3) is 0.0588. The van der Waals surface area contributed by atoms with Gasteiger partial charge in [-0.25, -0.2) is 9.97 Å². The molecule has 1 N–H and O–H groups in total. The molecule has 0 atom stereocenters. The molecule has 3 aromatic heterocycles. The third-order valence-electron chi connectivity index (χ3n) is 3.65. The molecule has 4 rings (SSSR count). The first kappa shape index (κ1) is 13.4. The maximum Gasteiger partial charge on any atom is 0.224 e. The van der Waals surface area contributed by atoms with Gasteiger partial charge in [0.05, 0.1) is 23.7 Å². The van der Waals surface area contributed by atoms with Gasteiger partial charge in [0.2, 0.25) is 5.88 Å². The SMILES string of the molecule is COc1ncnc2ccc(-c3c[nH]nc3-c3ccccn3)cc12. The Labute approximate surface area is 132 Å². The predicted octanol–water partition coefficient (Wildman–Crippen LogP) is 3.09. The van der Waals surface area contributed by atoms with Crippen molar-refractivity contribution in [3.05, 3.63) is 55.1 Å². The molecule has 1 aromatic carbocycles. The number of aromatic amines is 1. The van der Waals surface area contributed by atoms with Crippen LogP contribution in [0.4, 0.5) is 0 Å². The number of ether oxygens (including phenoxy) is 1. The normalized spacial score (nSPS) is 10.8. The van der Waals surface area contributed by atoms with Gasteiger partial charge in [-0.15, -0.1) is 0 Å². The van der Waals surface area contributed by atoms with E-state index in [-0.39, 0.29) is 0 Å². The Balaban J connectivity index is 1.89. The molecular formula is C17H13N5O. The van der Waals surface area contributed by atoms with Gasteiger partial charge < -0.3 is 4.74 Å². The van der Waals surface area contributed by atoms with Gasteiger partial charge in [0.25, 0.3) is 0 Å². The molecule has 0 unspecified atom stereocenters. The van der Waals surface area contributed by atoms with Gasteiger partial charge in [0, 0.05) is 18.0 Å². The molecule has 0 saturated heterocycles. The zero-order valence-electron chi connectivity index (χ0n) is 12.4. The van der Waals surface area contributed by atoms with Crippen molar-refractivity contribution >= 4 is 10.9 Å². The van der Waals surface area contributed by atoms with Crippen molar-refractivity contribution in [2.45, 2.75) is 0 Å². The molecule has 0 aliphatic carbocycles. The summed E-state index contributed by atoms with van der Waals surface area (Å²) in [6.07, 6.45) is 5.12. The number of rotatable bonds is 3. The van der Waals surface area contributed by atoms with Crippen LogP contribution < -0.4 is 4.74 Å². The van der Waals surface area contributed by atoms with Crippen molar-refractivity contribution in [2.24, 2.45) is 0 Å². The van der Waals surface area contributed by atoms with E-state index in [2.05, 4.69) is 25.1 Å². The summed E-state index contributed by atoms with van der Waals surface area (Å²) in [7, 11) is 1.60. The number of aromatic nitrogens is 5. The molecule has 0 bridgehead atoms. The molecule has 4 aromatic rings. The minimum absolute atomic E-state index is 0.555. The van der Waals surface area contributed by atoms with E-state index in [1.807, 2.05) is 42.6 Å². The molecule has 0 saturated carbocycles. The number of hydrogen-bond acceptors (Lipinski definition) is 5.